The molecule has 1 aromatic heterocycles. The highest BCUT2D eigenvalue weighted by atomic mass is 32.1. The highest BCUT2D eigenvalue weighted by Gasteiger charge is 2.48. The Labute approximate surface area is 158 Å². The number of rotatable bonds is 5. The summed E-state index contributed by atoms with van der Waals surface area (Å²) in [6.07, 6.45) is -4.50. The van der Waals surface area contributed by atoms with Crippen LogP contribution in [0.25, 0.3) is 0 Å². The molecule has 0 spiro atoms. The zero-order valence-electron chi connectivity index (χ0n) is 13.7. The SMILES string of the molecule is O=C(S)N(Nc1ccccc1)[C@@H]1O[C@@H](n2ccc(NO)nc2=O)[C@H](O)[C@@H]1O. The Hall–Kier alpha value is -2.64. The van der Waals surface area contributed by atoms with E-state index in [4.69, 9.17) is 9.94 Å². The number of nitrogens with zero attached hydrogens (tertiary/aromatic N) is 3. The molecule has 12 heteroatoms. The van der Waals surface area contributed by atoms with Gasteiger partial charge in [-0.1, -0.05) is 30.8 Å². The highest BCUT2D eigenvalue weighted by molar-refractivity contribution is 7.96. The van der Waals surface area contributed by atoms with E-state index >= 15 is 0 Å². The Kier molecular flexibility index (Phi) is 5.62. The third-order valence-electron chi connectivity index (χ3n) is 3.92. The largest absolute Gasteiger partial charge is 0.385 e. The number of anilines is 2. The van der Waals surface area contributed by atoms with Crippen molar-refractivity contribution >= 4 is 29.4 Å². The van der Waals surface area contributed by atoms with E-state index < -0.39 is 35.6 Å². The van der Waals surface area contributed by atoms with Crippen LogP contribution in [0.15, 0.2) is 47.4 Å². The summed E-state index contributed by atoms with van der Waals surface area (Å²) in [5.41, 5.74) is 4.14. The van der Waals surface area contributed by atoms with Crippen molar-refractivity contribution in [1.29, 1.82) is 0 Å². The Morgan fingerprint density at radius 2 is 1.93 bits per heavy atom. The number of benzene rings is 1. The second-order valence-corrected chi connectivity index (χ2v) is 6.03. The van der Waals surface area contributed by atoms with E-state index in [0.29, 0.717) is 5.69 Å². The molecule has 0 unspecified atom stereocenters. The van der Waals surface area contributed by atoms with Crippen LogP contribution in [0, 0.1) is 0 Å². The third kappa shape index (κ3) is 3.89. The van der Waals surface area contributed by atoms with Crippen molar-refractivity contribution in [1.82, 2.24) is 14.6 Å². The second-order valence-electron chi connectivity index (χ2n) is 5.64. The first-order valence-corrected chi connectivity index (χ1v) is 8.22. The molecule has 3 rings (SSSR count). The van der Waals surface area contributed by atoms with Gasteiger partial charge in [-0.2, -0.15) is 4.98 Å². The van der Waals surface area contributed by atoms with Crippen molar-refractivity contribution in [2.24, 2.45) is 0 Å². The highest BCUT2D eigenvalue weighted by Crippen LogP contribution is 2.31. The molecule has 1 saturated heterocycles. The van der Waals surface area contributed by atoms with Gasteiger partial charge in [-0.25, -0.2) is 9.80 Å². The average Bonchev–Trinajstić information content (AvgIpc) is 2.95. The monoisotopic (exact) mass is 395 g/mol. The number of carbonyl (C=O) groups excluding carboxylic acids is 1. The maximum absolute atomic E-state index is 12.1. The van der Waals surface area contributed by atoms with Gasteiger partial charge < -0.3 is 14.9 Å². The molecule has 5 N–H and O–H groups in total. The van der Waals surface area contributed by atoms with E-state index in [-0.39, 0.29) is 5.82 Å². The smallest absolute Gasteiger partial charge is 0.351 e. The fourth-order valence-electron chi connectivity index (χ4n) is 2.63. The number of aliphatic hydroxyl groups is 2. The Balaban J connectivity index is 1.86. The molecule has 11 nitrogen and oxygen atoms in total. The molecular weight excluding hydrogens is 378 g/mol. The van der Waals surface area contributed by atoms with Crippen molar-refractivity contribution in [3.63, 3.8) is 0 Å². The van der Waals surface area contributed by atoms with Crippen molar-refractivity contribution in [2.75, 3.05) is 10.9 Å². The van der Waals surface area contributed by atoms with Gasteiger partial charge in [0.05, 0.1) is 5.69 Å². The van der Waals surface area contributed by atoms with Crippen LogP contribution < -0.4 is 16.6 Å². The van der Waals surface area contributed by atoms with Crippen molar-refractivity contribution < 1.29 is 25.0 Å². The van der Waals surface area contributed by atoms with Crippen LogP contribution in [-0.4, -0.2) is 53.7 Å². The number of hydrogen-bond acceptors (Lipinski definition) is 9. The lowest BCUT2D eigenvalue weighted by Gasteiger charge is -2.29. The molecule has 1 aliphatic rings. The van der Waals surface area contributed by atoms with Gasteiger partial charge in [0.25, 0.3) is 5.24 Å². The molecule has 1 aromatic carbocycles. The van der Waals surface area contributed by atoms with Gasteiger partial charge in [-0.3, -0.25) is 25.5 Å². The molecule has 27 heavy (non-hydrogen) atoms. The van der Waals surface area contributed by atoms with E-state index in [1.54, 1.807) is 35.8 Å². The number of para-hydroxylation sites is 1. The standard InChI is InChI=1S/C15H17N5O6S/c21-10-11(22)13(20(15(24)27)17-8-4-2-1-3-5-8)26-12(10)19-7-6-9(18-25)16-14(19)23/h1-7,10-13,17,21-22,25H,(H,24,27)(H,16,18,23)/t10-,11+,12-,13-/m1/s1. The van der Waals surface area contributed by atoms with Gasteiger partial charge in [0.1, 0.15) is 12.2 Å². The fourth-order valence-corrected chi connectivity index (χ4v) is 2.79. The number of hydrogen-bond donors (Lipinski definition) is 6. The Morgan fingerprint density at radius 1 is 1.22 bits per heavy atom. The van der Waals surface area contributed by atoms with Crippen LogP contribution in [-0.2, 0) is 4.74 Å². The van der Waals surface area contributed by atoms with Crippen LogP contribution in [0.4, 0.5) is 16.3 Å². The summed E-state index contributed by atoms with van der Waals surface area (Å²) in [4.78, 5) is 27.5. The summed E-state index contributed by atoms with van der Waals surface area (Å²) >= 11 is 3.77. The fraction of sp³-hybridized carbons (Fsp3) is 0.267. The lowest BCUT2D eigenvalue weighted by atomic mass is 10.2. The van der Waals surface area contributed by atoms with Crippen molar-refractivity contribution in [2.45, 2.75) is 24.7 Å². The van der Waals surface area contributed by atoms with E-state index in [1.807, 2.05) is 0 Å². The van der Waals surface area contributed by atoms with Gasteiger partial charge in [0, 0.05) is 6.20 Å². The number of aliphatic hydroxyl groups excluding tert-OH is 2. The minimum Gasteiger partial charge on any atom is -0.385 e. The molecular formula is C15H17N5O6S. The number of thiol groups is 1. The van der Waals surface area contributed by atoms with E-state index in [1.165, 1.54) is 12.3 Å². The normalized spacial score (nSPS) is 24.4. The maximum Gasteiger partial charge on any atom is 0.351 e. The molecule has 1 fully saturated rings. The number of hydrazine groups is 1. The summed E-state index contributed by atoms with van der Waals surface area (Å²) in [6.45, 7) is 0. The number of ether oxygens (including phenoxy) is 1. The van der Waals surface area contributed by atoms with E-state index in [0.717, 1.165) is 9.58 Å². The lowest BCUT2D eigenvalue weighted by molar-refractivity contribution is -0.0814. The first-order chi connectivity index (χ1) is 12.9. The maximum atomic E-state index is 12.1. The van der Waals surface area contributed by atoms with Crippen LogP contribution in [0.1, 0.15) is 6.23 Å². The molecule has 0 radical (unpaired) electrons. The molecule has 0 bridgehead atoms. The third-order valence-corrected chi connectivity index (χ3v) is 4.13. The van der Waals surface area contributed by atoms with Gasteiger partial charge >= 0.3 is 5.69 Å². The summed E-state index contributed by atoms with van der Waals surface area (Å²) in [7, 11) is 0. The number of amides is 1. The molecule has 1 amide bonds. The van der Waals surface area contributed by atoms with Gasteiger partial charge in [0.15, 0.2) is 18.3 Å². The second kappa shape index (κ2) is 7.94. The van der Waals surface area contributed by atoms with Crippen LogP contribution in [0.2, 0.25) is 0 Å². The van der Waals surface area contributed by atoms with Gasteiger partial charge in [-0.05, 0) is 18.2 Å². The Bertz CT molecular complexity index is 865. The van der Waals surface area contributed by atoms with Crippen molar-refractivity contribution in [3.05, 3.63) is 53.1 Å². The minimum atomic E-state index is -1.54. The predicted molar refractivity (Wildman–Crippen MR) is 96.1 cm³/mol. The summed E-state index contributed by atoms with van der Waals surface area (Å²) < 4.78 is 6.48. The van der Waals surface area contributed by atoms with Crippen LogP contribution in [0.3, 0.4) is 0 Å². The van der Waals surface area contributed by atoms with Crippen molar-refractivity contribution in [3.8, 4) is 0 Å². The number of carbonyl (C=O) groups is 1. The molecule has 2 heterocycles. The quantitative estimate of drug-likeness (QED) is 0.304. The van der Waals surface area contributed by atoms with E-state index in [2.05, 4.69) is 23.0 Å². The summed E-state index contributed by atoms with van der Waals surface area (Å²) in [5.74, 6) is -0.0984. The first-order valence-electron chi connectivity index (χ1n) is 7.77. The molecule has 144 valence electrons. The van der Waals surface area contributed by atoms with Gasteiger partial charge in [0.2, 0.25) is 0 Å². The minimum absolute atomic E-state index is 0.0984. The molecule has 2 aromatic rings. The lowest BCUT2D eigenvalue weighted by Crippen LogP contribution is -2.48. The first kappa shape index (κ1) is 19.1. The zero-order chi connectivity index (χ0) is 19.6. The Morgan fingerprint density at radius 3 is 2.52 bits per heavy atom. The van der Waals surface area contributed by atoms with Crippen LogP contribution in [0.5, 0.6) is 0 Å². The zero-order valence-corrected chi connectivity index (χ0v) is 14.6. The topological polar surface area (TPSA) is 149 Å². The summed E-state index contributed by atoms with van der Waals surface area (Å²) in [6, 6.07) is 9.86. The number of aromatic nitrogens is 2. The number of nitrogens with one attached hydrogen (secondary N) is 2. The summed E-state index contributed by atoms with van der Waals surface area (Å²) in [5, 5.41) is 29.6. The predicted octanol–water partition coefficient (Wildman–Crippen LogP) is -0.000000000000000444. The molecule has 4 atom stereocenters. The molecule has 0 aliphatic carbocycles. The van der Waals surface area contributed by atoms with E-state index in [9.17, 15) is 19.8 Å². The van der Waals surface area contributed by atoms with Gasteiger partial charge in [-0.15, -0.1) is 0 Å². The van der Waals surface area contributed by atoms with Crippen LogP contribution >= 0.6 is 12.6 Å². The molecule has 0 saturated carbocycles. The average molecular weight is 395 g/mol. The molecule has 1 aliphatic heterocycles.